The zero-order valence-corrected chi connectivity index (χ0v) is 12.8. The van der Waals surface area contributed by atoms with Crippen LogP contribution in [-0.2, 0) is 11.2 Å². The number of unbranched alkanes of at least 4 members (excludes halogenated alkanes) is 1. The number of ether oxygens (including phenoxy) is 2. The molecule has 0 bridgehead atoms. The zero-order valence-electron chi connectivity index (χ0n) is 12.8. The molecule has 118 valence electrons. The molecule has 1 N–H and O–H groups in total. The smallest absolute Gasteiger partial charge is 0.326 e. The molecule has 1 aromatic carbocycles. The van der Waals surface area contributed by atoms with Crippen molar-refractivity contribution < 1.29 is 19.4 Å². The number of hydrogen-bond acceptors (Lipinski definition) is 4. The molecule has 22 heavy (non-hydrogen) atoms. The van der Waals surface area contributed by atoms with Crippen LogP contribution in [0.4, 0.5) is 0 Å². The van der Waals surface area contributed by atoms with Crippen LogP contribution in [0.25, 0.3) is 11.0 Å². The minimum atomic E-state index is -0.836. The van der Waals surface area contributed by atoms with Gasteiger partial charge in [0, 0.05) is 18.6 Å². The molecule has 0 aliphatic carbocycles. The average Bonchev–Trinajstić information content (AvgIpc) is 3.07. The Morgan fingerprint density at radius 2 is 2.09 bits per heavy atom. The fourth-order valence-electron chi connectivity index (χ4n) is 2.86. The van der Waals surface area contributed by atoms with Gasteiger partial charge in [-0.2, -0.15) is 0 Å². The maximum atomic E-state index is 11.6. The molecule has 1 aliphatic heterocycles. The van der Waals surface area contributed by atoms with Crippen molar-refractivity contribution in [1.82, 2.24) is 9.55 Å². The van der Waals surface area contributed by atoms with Crippen LogP contribution in [0.3, 0.4) is 0 Å². The summed E-state index contributed by atoms with van der Waals surface area (Å²) in [4.78, 5) is 16.3. The van der Waals surface area contributed by atoms with Gasteiger partial charge in [-0.25, -0.2) is 9.78 Å². The number of hydrogen-bond donors (Lipinski definition) is 1. The quantitative estimate of drug-likeness (QED) is 0.887. The highest BCUT2D eigenvalue weighted by Gasteiger charge is 2.25. The second-order valence-electron chi connectivity index (χ2n) is 5.46. The number of aromatic nitrogens is 2. The molecule has 1 aliphatic rings. The van der Waals surface area contributed by atoms with Crippen LogP contribution in [0.1, 0.15) is 45.0 Å². The molecule has 0 fully saturated rings. The SMILES string of the molecule is CCCCc1nc2cc3c(cc2n1C(CC)C(=O)O)OCO3. The number of imidazole rings is 1. The summed E-state index contributed by atoms with van der Waals surface area (Å²) >= 11 is 0. The Balaban J connectivity index is 2.17. The van der Waals surface area contributed by atoms with Crippen molar-refractivity contribution in [2.75, 3.05) is 6.79 Å². The van der Waals surface area contributed by atoms with Crippen LogP contribution >= 0.6 is 0 Å². The number of nitrogens with zero attached hydrogens (tertiary/aromatic N) is 2. The molecule has 6 heteroatoms. The minimum absolute atomic E-state index is 0.195. The van der Waals surface area contributed by atoms with Gasteiger partial charge in [-0.3, -0.25) is 0 Å². The third kappa shape index (κ3) is 2.38. The molecule has 6 nitrogen and oxygen atoms in total. The molecule has 0 saturated heterocycles. The lowest BCUT2D eigenvalue weighted by atomic mass is 10.2. The van der Waals surface area contributed by atoms with E-state index in [0.29, 0.717) is 17.9 Å². The first-order valence-corrected chi connectivity index (χ1v) is 7.69. The van der Waals surface area contributed by atoms with Crippen LogP contribution in [-0.4, -0.2) is 27.4 Å². The second-order valence-corrected chi connectivity index (χ2v) is 5.46. The van der Waals surface area contributed by atoms with Gasteiger partial charge in [0.25, 0.3) is 0 Å². The van der Waals surface area contributed by atoms with E-state index in [1.54, 1.807) is 0 Å². The molecule has 3 rings (SSSR count). The topological polar surface area (TPSA) is 73.6 Å². The number of rotatable bonds is 6. The Morgan fingerprint density at radius 1 is 1.36 bits per heavy atom. The molecule has 1 unspecified atom stereocenters. The summed E-state index contributed by atoms with van der Waals surface area (Å²) in [7, 11) is 0. The number of aryl methyl sites for hydroxylation is 1. The highest BCUT2D eigenvalue weighted by molar-refractivity contribution is 5.83. The van der Waals surface area contributed by atoms with E-state index in [1.807, 2.05) is 23.6 Å². The van der Waals surface area contributed by atoms with E-state index < -0.39 is 12.0 Å². The lowest BCUT2D eigenvalue weighted by molar-refractivity contribution is -0.140. The summed E-state index contributed by atoms with van der Waals surface area (Å²) in [5.41, 5.74) is 1.56. The van der Waals surface area contributed by atoms with Crippen LogP contribution < -0.4 is 9.47 Å². The van der Waals surface area contributed by atoms with Gasteiger partial charge in [-0.15, -0.1) is 0 Å². The monoisotopic (exact) mass is 304 g/mol. The Hall–Kier alpha value is -2.24. The summed E-state index contributed by atoms with van der Waals surface area (Å²) in [6.45, 7) is 4.18. The number of carboxylic acids is 1. The van der Waals surface area contributed by atoms with Gasteiger partial charge in [0.05, 0.1) is 11.0 Å². The molecular formula is C16H20N2O4. The zero-order chi connectivity index (χ0) is 15.7. The fraction of sp³-hybridized carbons (Fsp3) is 0.500. The van der Waals surface area contributed by atoms with Gasteiger partial charge < -0.3 is 19.1 Å². The Kier molecular flexibility index (Phi) is 3.92. The summed E-state index contributed by atoms with van der Waals surface area (Å²) in [6.07, 6.45) is 3.29. The van der Waals surface area contributed by atoms with E-state index in [1.165, 1.54) is 0 Å². The first-order chi connectivity index (χ1) is 10.7. The van der Waals surface area contributed by atoms with Crippen molar-refractivity contribution in [2.45, 2.75) is 45.6 Å². The fourth-order valence-corrected chi connectivity index (χ4v) is 2.86. The van der Waals surface area contributed by atoms with E-state index in [-0.39, 0.29) is 6.79 Å². The van der Waals surface area contributed by atoms with Gasteiger partial charge in [0.2, 0.25) is 6.79 Å². The van der Waals surface area contributed by atoms with E-state index >= 15 is 0 Å². The van der Waals surface area contributed by atoms with E-state index in [0.717, 1.165) is 36.1 Å². The minimum Gasteiger partial charge on any atom is -0.480 e. The summed E-state index contributed by atoms with van der Waals surface area (Å²) < 4.78 is 12.6. The van der Waals surface area contributed by atoms with Crippen molar-refractivity contribution in [3.63, 3.8) is 0 Å². The van der Waals surface area contributed by atoms with Gasteiger partial charge >= 0.3 is 5.97 Å². The third-order valence-corrected chi connectivity index (χ3v) is 3.99. The van der Waals surface area contributed by atoms with Crippen molar-refractivity contribution in [1.29, 1.82) is 0 Å². The third-order valence-electron chi connectivity index (χ3n) is 3.99. The van der Waals surface area contributed by atoms with E-state index in [9.17, 15) is 9.90 Å². The summed E-state index contributed by atoms with van der Waals surface area (Å²) in [6, 6.07) is 3.06. The normalized spacial score (nSPS) is 14.5. The van der Waals surface area contributed by atoms with Crippen LogP contribution in [0.2, 0.25) is 0 Å². The highest BCUT2D eigenvalue weighted by atomic mass is 16.7. The number of benzene rings is 1. The number of fused-ring (bicyclic) bond motifs is 2. The van der Waals surface area contributed by atoms with Gasteiger partial charge in [-0.1, -0.05) is 20.3 Å². The van der Waals surface area contributed by atoms with Crippen molar-refractivity contribution in [3.05, 3.63) is 18.0 Å². The number of carboxylic acid groups (broad SMARTS) is 1. The van der Waals surface area contributed by atoms with Gasteiger partial charge in [0.15, 0.2) is 11.5 Å². The number of aliphatic carboxylic acids is 1. The molecule has 1 atom stereocenters. The summed E-state index contributed by atoms with van der Waals surface area (Å²) in [5, 5.41) is 9.54. The van der Waals surface area contributed by atoms with Crippen molar-refractivity contribution in [2.24, 2.45) is 0 Å². The molecule has 1 aromatic heterocycles. The molecule has 0 amide bonds. The standard InChI is InChI=1S/C16H20N2O4/c1-3-5-6-15-17-10-7-13-14(22-9-21-13)8-12(10)18(15)11(4-2)16(19)20/h7-8,11H,3-6,9H2,1-2H3,(H,19,20). The van der Waals surface area contributed by atoms with Crippen molar-refractivity contribution >= 4 is 17.0 Å². The first-order valence-electron chi connectivity index (χ1n) is 7.69. The van der Waals surface area contributed by atoms with E-state index in [4.69, 9.17) is 9.47 Å². The molecule has 0 radical (unpaired) electrons. The van der Waals surface area contributed by atoms with Crippen LogP contribution in [0, 0.1) is 0 Å². The molecule has 2 heterocycles. The van der Waals surface area contributed by atoms with Gasteiger partial charge in [-0.05, 0) is 12.8 Å². The Labute approximate surface area is 128 Å². The molecular weight excluding hydrogens is 284 g/mol. The highest BCUT2D eigenvalue weighted by Crippen LogP contribution is 2.37. The predicted octanol–water partition coefficient (Wildman–Crippen LogP) is 3.14. The second kappa shape index (κ2) is 5.87. The van der Waals surface area contributed by atoms with Crippen LogP contribution in [0.15, 0.2) is 12.1 Å². The molecule has 2 aromatic rings. The average molecular weight is 304 g/mol. The lowest BCUT2D eigenvalue weighted by Gasteiger charge is -2.16. The maximum absolute atomic E-state index is 11.6. The first kappa shape index (κ1) is 14.7. The van der Waals surface area contributed by atoms with E-state index in [2.05, 4.69) is 11.9 Å². The molecule has 0 saturated carbocycles. The predicted molar refractivity (Wildman–Crippen MR) is 81.4 cm³/mol. The largest absolute Gasteiger partial charge is 0.480 e. The Bertz CT molecular complexity index is 708. The van der Waals surface area contributed by atoms with Crippen molar-refractivity contribution in [3.8, 4) is 11.5 Å². The van der Waals surface area contributed by atoms with Gasteiger partial charge in [0.1, 0.15) is 11.9 Å². The van der Waals surface area contributed by atoms with Crippen LogP contribution in [0.5, 0.6) is 11.5 Å². The maximum Gasteiger partial charge on any atom is 0.326 e. The Morgan fingerprint density at radius 3 is 2.73 bits per heavy atom. The molecule has 0 spiro atoms. The number of carbonyl (C=O) groups is 1. The summed E-state index contributed by atoms with van der Waals surface area (Å²) in [5.74, 6) is 1.30. The lowest BCUT2D eigenvalue weighted by Crippen LogP contribution is -2.20.